The van der Waals surface area contributed by atoms with Crippen molar-refractivity contribution in [3.63, 3.8) is 0 Å². The largest absolute Gasteiger partial charge is 0.454 e. The van der Waals surface area contributed by atoms with Gasteiger partial charge < -0.3 is 20.1 Å². The summed E-state index contributed by atoms with van der Waals surface area (Å²) in [5.41, 5.74) is 5.02. The van der Waals surface area contributed by atoms with E-state index < -0.39 is 5.41 Å². The van der Waals surface area contributed by atoms with Crippen LogP contribution < -0.4 is 20.1 Å². The van der Waals surface area contributed by atoms with Gasteiger partial charge in [0, 0.05) is 18.3 Å². The zero-order valence-corrected chi connectivity index (χ0v) is 19.6. The number of nitrogens with one attached hydrogen (secondary N) is 2. The van der Waals surface area contributed by atoms with E-state index in [2.05, 4.69) is 30.5 Å². The Labute approximate surface area is 199 Å². The first kappa shape index (κ1) is 22.0. The van der Waals surface area contributed by atoms with E-state index in [0.717, 1.165) is 41.0 Å². The van der Waals surface area contributed by atoms with E-state index >= 15 is 0 Å². The number of fused-ring (bicyclic) bond motifs is 1. The molecule has 2 aliphatic rings. The van der Waals surface area contributed by atoms with E-state index in [0.29, 0.717) is 17.2 Å². The number of rotatable bonds is 6. The standard InChI is InChI=1S/C28H28N2O4/c1-17(2)22-10-9-21(15-23(22)18-4-6-19(7-5-18)26(31)29-3)30-27(32)28(12-13-28)20-8-11-24-25(14-20)34-16-33-24/h4-11,14-15,17H,12-13,16H2,1-3H3,(H,29,31)(H,30,32). The van der Waals surface area contributed by atoms with Gasteiger partial charge in [-0.25, -0.2) is 0 Å². The van der Waals surface area contributed by atoms with E-state index in [1.807, 2.05) is 54.6 Å². The molecular formula is C28H28N2O4. The average molecular weight is 457 g/mol. The van der Waals surface area contributed by atoms with Crippen LogP contribution in [-0.4, -0.2) is 25.7 Å². The molecule has 1 aliphatic heterocycles. The van der Waals surface area contributed by atoms with Crippen molar-refractivity contribution in [3.05, 3.63) is 77.4 Å². The van der Waals surface area contributed by atoms with E-state index in [1.165, 1.54) is 5.56 Å². The minimum absolute atomic E-state index is 0.00965. The molecule has 3 aromatic rings. The number of carbonyl (C=O) groups is 2. The summed E-state index contributed by atoms with van der Waals surface area (Å²) >= 11 is 0. The lowest BCUT2D eigenvalue weighted by molar-refractivity contribution is -0.118. The Hall–Kier alpha value is -3.80. The number of benzene rings is 3. The van der Waals surface area contributed by atoms with Crippen LogP contribution in [0.3, 0.4) is 0 Å². The molecule has 2 amide bonds. The third-order valence-corrected chi connectivity index (χ3v) is 6.73. The van der Waals surface area contributed by atoms with Gasteiger partial charge >= 0.3 is 0 Å². The first-order chi connectivity index (χ1) is 16.4. The van der Waals surface area contributed by atoms with E-state index in [-0.39, 0.29) is 18.6 Å². The van der Waals surface area contributed by atoms with Crippen molar-refractivity contribution in [2.45, 2.75) is 38.0 Å². The fraction of sp³-hybridized carbons (Fsp3) is 0.286. The summed E-state index contributed by atoms with van der Waals surface area (Å²) in [7, 11) is 1.62. The summed E-state index contributed by atoms with van der Waals surface area (Å²) in [5.74, 6) is 1.60. The van der Waals surface area contributed by atoms with Gasteiger partial charge in [0.2, 0.25) is 12.7 Å². The van der Waals surface area contributed by atoms with E-state index in [9.17, 15) is 9.59 Å². The Morgan fingerprint density at radius 2 is 1.65 bits per heavy atom. The van der Waals surface area contributed by atoms with Crippen molar-refractivity contribution in [1.82, 2.24) is 5.32 Å². The number of hydrogen-bond acceptors (Lipinski definition) is 4. The SMILES string of the molecule is CNC(=O)c1ccc(-c2cc(NC(=O)C3(c4ccc5c(c4)OCO5)CC3)ccc2C(C)C)cc1. The fourth-order valence-electron chi connectivity index (χ4n) is 4.55. The van der Waals surface area contributed by atoms with Gasteiger partial charge in [0.05, 0.1) is 5.41 Å². The third kappa shape index (κ3) is 3.89. The molecule has 1 fully saturated rings. The quantitative estimate of drug-likeness (QED) is 0.532. The summed E-state index contributed by atoms with van der Waals surface area (Å²) < 4.78 is 10.9. The molecule has 3 aromatic carbocycles. The van der Waals surface area contributed by atoms with Crippen molar-refractivity contribution >= 4 is 17.5 Å². The topological polar surface area (TPSA) is 76.7 Å². The van der Waals surface area contributed by atoms with Crippen LogP contribution in [0.25, 0.3) is 11.1 Å². The number of hydrogen-bond donors (Lipinski definition) is 2. The monoisotopic (exact) mass is 456 g/mol. The van der Waals surface area contributed by atoms with Crippen LogP contribution in [0.4, 0.5) is 5.69 Å². The highest BCUT2D eigenvalue weighted by Gasteiger charge is 2.51. The summed E-state index contributed by atoms with van der Waals surface area (Å²) in [5, 5.41) is 5.80. The highest BCUT2D eigenvalue weighted by molar-refractivity contribution is 6.02. The van der Waals surface area contributed by atoms with Crippen molar-refractivity contribution < 1.29 is 19.1 Å². The Balaban J connectivity index is 1.42. The maximum absolute atomic E-state index is 13.4. The highest BCUT2D eigenvalue weighted by atomic mass is 16.7. The predicted octanol–water partition coefficient (Wildman–Crippen LogP) is 5.24. The second-order valence-electron chi connectivity index (χ2n) is 9.22. The first-order valence-electron chi connectivity index (χ1n) is 11.6. The second kappa shape index (κ2) is 8.52. The van der Waals surface area contributed by atoms with Gasteiger partial charge in [0.1, 0.15) is 0 Å². The third-order valence-electron chi connectivity index (χ3n) is 6.73. The fourth-order valence-corrected chi connectivity index (χ4v) is 4.55. The normalized spacial score (nSPS) is 15.2. The molecule has 34 heavy (non-hydrogen) atoms. The minimum atomic E-state index is -0.535. The molecule has 0 bridgehead atoms. The van der Waals surface area contributed by atoms with Gasteiger partial charge in [-0.3, -0.25) is 9.59 Å². The van der Waals surface area contributed by atoms with Crippen LogP contribution >= 0.6 is 0 Å². The van der Waals surface area contributed by atoms with Gasteiger partial charge in [-0.2, -0.15) is 0 Å². The van der Waals surface area contributed by atoms with Gasteiger partial charge in [0.15, 0.2) is 11.5 Å². The summed E-state index contributed by atoms with van der Waals surface area (Å²) in [6, 6.07) is 19.4. The van der Waals surface area contributed by atoms with E-state index in [4.69, 9.17) is 9.47 Å². The van der Waals surface area contributed by atoms with Crippen LogP contribution in [0, 0.1) is 0 Å². The Morgan fingerprint density at radius 3 is 2.32 bits per heavy atom. The summed E-state index contributed by atoms with van der Waals surface area (Å²) in [4.78, 5) is 25.3. The van der Waals surface area contributed by atoms with Crippen LogP contribution in [0.15, 0.2) is 60.7 Å². The molecule has 0 unspecified atom stereocenters. The molecule has 2 N–H and O–H groups in total. The number of ether oxygens (including phenoxy) is 2. The van der Waals surface area contributed by atoms with Crippen molar-refractivity contribution in [1.29, 1.82) is 0 Å². The molecule has 0 atom stereocenters. The molecule has 6 nitrogen and oxygen atoms in total. The number of amides is 2. The van der Waals surface area contributed by atoms with Gasteiger partial charge in [-0.1, -0.05) is 38.1 Å². The van der Waals surface area contributed by atoms with Gasteiger partial charge in [-0.15, -0.1) is 0 Å². The van der Waals surface area contributed by atoms with Crippen molar-refractivity contribution in [2.24, 2.45) is 0 Å². The Kier molecular flexibility index (Phi) is 5.52. The average Bonchev–Trinajstić information content (AvgIpc) is 3.54. The maximum atomic E-state index is 13.4. The highest BCUT2D eigenvalue weighted by Crippen LogP contribution is 2.51. The lowest BCUT2D eigenvalue weighted by Gasteiger charge is -2.19. The van der Waals surface area contributed by atoms with Crippen molar-refractivity contribution in [2.75, 3.05) is 19.2 Å². The first-order valence-corrected chi connectivity index (χ1v) is 11.6. The number of carbonyl (C=O) groups excluding carboxylic acids is 2. The second-order valence-corrected chi connectivity index (χ2v) is 9.22. The molecule has 1 aliphatic carbocycles. The molecule has 1 heterocycles. The van der Waals surface area contributed by atoms with Gasteiger partial charge in [-0.05, 0) is 77.4 Å². The van der Waals surface area contributed by atoms with Crippen LogP contribution in [0.1, 0.15) is 54.1 Å². The molecule has 0 saturated heterocycles. The summed E-state index contributed by atoms with van der Waals surface area (Å²) in [6.07, 6.45) is 1.60. The lowest BCUT2D eigenvalue weighted by atomic mass is 9.91. The Morgan fingerprint density at radius 1 is 0.912 bits per heavy atom. The zero-order chi connectivity index (χ0) is 23.9. The minimum Gasteiger partial charge on any atom is -0.454 e. The van der Waals surface area contributed by atoms with Gasteiger partial charge in [0.25, 0.3) is 5.91 Å². The van der Waals surface area contributed by atoms with Crippen molar-refractivity contribution in [3.8, 4) is 22.6 Å². The maximum Gasteiger partial charge on any atom is 0.251 e. The molecule has 6 heteroatoms. The zero-order valence-electron chi connectivity index (χ0n) is 19.6. The molecule has 0 radical (unpaired) electrons. The molecule has 174 valence electrons. The van der Waals surface area contributed by atoms with Crippen LogP contribution in [0.5, 0.6) is 11.5 Å². The molecule has 1 saturated carbocycles. The predicted molar refractivity (Wildman–Crippen MR) is 131 cm³/mol. The Bertz CT molecular complexity index is 1260. The van der Waals surface area contributed by atoms with Crippen LogP contribution in [-0.2, 0) is 10.2 Å². The number of anilines is 1. The molecular weight excluding hydrogens is 428 g/mol. The summed E-state index contributed by atoms with van der Waals surface area (Å²) in [6.45, 7) is 4.51. The molecule has 0 aromatic heterocycles. The van der Waals surface area contributed by atoms with E-state index in [1.54, 1.807) is 7.05 Å². The van der Waals surface area contributed by atoms with Crippen LogP contribution in [0.2, 0.25) is 0 Å². The molecule has 0 spiro atoms. The molecule has 5 rings (SSSR count). The lowest BCUT2D eigenvalue weighted by Crippen LogP contribution is -2.27. The smallest absolute Gasteiger partial charge is 0.251 e.